The van der Waals surface area contributed by atoms with Crippen LogP contribution >= 0.6 is 0 Å². The van der Waals surface area contributed by atoms with Gasteiger partial charge < -0.3 is 0 Å². The molecule has 0 amide bonds. The van der Waals surface area contributed by atoms with Crippen molar-refractivity contribution in [1.82, 2.24) is 19.6 Å². The van der Waals surface area contributed by atoms with E-state index in [9.17, 15) is 9.59 Å². The smallest absolute Gasteiger partial charge is 0.206 e. The van der Waals surface area contributed by atoms with Gasteiger partial charge in [0.25, 0.3) is 0 Å². The first-order chi connectivity index (χ1) is 8.77. The first-order valence-electron chi connectivity index (χ1n) is 5.28. The molecule has 3 rings (SSSR count). The van der Waals surface area contributed by atoms with Gasteiger partial charge in [-0.3, -0.25) is 9.59 Å². The number of aromatic nitrogens is 4. The Labute approximate surface area is 102 Å². The molecule has 2 aromatic rings. The second-order valence-corrected chi connectivity index (χ2v) is 3.66. The summed E-state index contributed by atoms with van der Waals surface area (Å²) in [4.78, 5) is 23.9. The van der Waals surface area contributed by atoms with Gasteiger partial charge in [0, 0.05) is 24.8 Å². The first kappa shape index (κ1) is 10.4. The molecule has 0 aliphatic heterocycles. The van der Waals surface area contributed by atoms with Gasteiger partial charge in [-0.1, -0.05) is 0 Å². The van der Waals surface area contributed by atoms with E-state index in [2.05, 4.69) is 10.2 Å². The third-order valence-electron chi connectivity index (χ3n) is 2.54. The first-order valence-corrected chi connectivity index (χ1v) is 5.28. The van der Waals surface area contributed by atoms with Crippen molar-refractivity contribution < 1.29 is 9.59 Å². The maximum atomic E-state index is 11.9. The van der Waals surface area contributed by atoms with Gasteiger partial charge in [0.2, 0.25) is 11.6 Å². The number of ketones is 2. The molecule has 6 heteroatoms. The molecule has 0 spiro atoms. The highest BCUT2D eigenvalue weighted by atomic mass is 16.1. The number of hydrogen-bond donors (Lipinski definition) is 0. The number of allylic oxidation sites excluding steroid dienone is 4. The number of carbonyl (C=O) groups excluding carboxylic acids is 2. The van der Waals surface area contributed by atoms with Crippen LogP contribution in [0.1, 0.15) is 0 Å². The second kappa shape index (κ2) is 3.92. The molecule has 2 heterocycles. The van der Waals surface area contributed by atoms with Crippen LogP contribution in [-0.4, -0.2) is 31.1 Å². The molecule has 0 atom stereocenters. The molecule has 0 bridgehead atoms. The fraction of sp³-hybridized carbons (Fsp3) is 0. The Hall–Kier alpha value is -2.76. The van der Waals surface area contributed by atoms with Crippen LogP contribution in [0.5, 0.6) is 0 Å². The highest BCUT2D eigenvalue weighted by Crippen LogP contribution is 2.21. The van der Waals surface area contributed by atoms with E-state index in [0.717, 1.165) is 0 Å². The van der Waals surface area contributed by atoms with Crippen LogP contribution in [0.15, 0.2) is 49.1 Å². The minimum Gasteiger partial charge on any atom is -0.287 e. The van der Waals surface area contributed by atoms with Gasteiger partial charge in [-0.15, -0.1) is 0 Å². The number of carbonyl (C=O) groups is 2. The van der Waals surface area contributed by atoms with E-state index in [1.807, 2.05) is 0 Å². The summed E-state index contributed by atoms with van der Waals surface area (Å²) in [5, 5.41) is 7.99. The summed E-state index contributed by atoms with van der Waals surface area (Å²) >= 11 is 0. The van der Waals surface area contributed by atoms with Crippen molar-refractivity contribution in [3.8, 4) is 0 Å². The second-order valence-electron chi connectivity index (χ2n) is 3.66. The van der Waals surface area contributed by atoms with Crippen LogP contribution in [-0.2, 0) is 9.59 Å². The van der Waals surface area contributed by atoms with E-state index in [1.54, 1.807) is 36.9 Å². The number of rotatable bonds is 2. The van der Waals surface area contributed by atoms with Crippen LogP contribution in [0.2, 0.25) is 0 Å². The predicted molar refractivity (Wildman–Crippen MR) is 63.0 cm³/mol. The van der Waals surface area contributed by atoms with E-state index in [1.165, 1.54) is 21.5 Å². The summed E-state index contributed by atoms with van der Waals surface area (Å²) in [6.45, 7) is 0. The summed E-state index contributed by atoms with van der Waals surface area (Å²) in [5.41, 5.74) is 0.410. The lowest BCUT2D eigenvalue weighted by Gasteiger charge is -2.14. The van der Waals surface area contributed by atoms with Gasteiger partial charge in [0.15, 0.2) is 0 Å². The van der Waals surface area contributed by atoms with Gasteiger partial charge >= 0.3 is 0 Å². The van der Waals surface area contributed by atoms with Crippen LogP contribution in [0.3, 0.4) is 0 Å². The van der Waals surface area contributed by atoms with E-state index in [4.69, 9.17) is 0 Å². The fourth-order valence-corrected chi connectivity index (χ4v) is 1.79. The Bertz CT molecular complexity index is 605. The molecule has 1 aliphatic carbocycles. The lowest BCUT2D eigenvalue weighted by atomic mass is 10.1. The van der Waals surface area contributed by atoms with Gasteiger partial charge in [-0.25, -0.2) is 9.36 Å². The van der Waals surface area contributed by atoms with Crippen molar-refractivity contribution in [2.75, 3.05) is 0 Å². The highest BCUT2D eigenvalue weighted by molar-refractivity contribution is 6.42. The Morgan fingerprint density at radius 1 is 0.778 bits per heavy atom. The molecule has 0 radical (unpaired) electrons. The van der Waals surface area contributed by atoms with E-state index in [-0.39, 0.29) is 23.0 Å². The molecule has 1 aliphatic rings. The quantitative estimate of drug-likeness (QED) is 0.721. The molecule has 18 heavy (non-hydrogen) atoms. The van der Waals surface area contributed by atoms with Crippen molar-refractivity contribution in [1.29, 1.82) is 0 Å². The van der Waals surface area contributed by atoms with Crippen molar-refractivity contribution in [3.63, 3.8) is 0 Å². The minimum atomic E-state index is -0.274. The molecule has 0 saturated carbocycles. The minimum absolute atomic E-state index is 0.205. The lowest BCUT2D eigenvalue weighted by molar-refractivity contribution is -0.113. The predicted octanol–water partition coefficient (Wildman–Crippen LogP) is 0.613. The molecule has 6 nitrogen and oxygen atoms in total. The molecule has 0 saturated heterocycles. The van der Waals surface area contributed by atoms with Crippen molar-refractivity contribution >= 4 is 23.0 Å². The van der Waals surface area contributed by atoms with Crippen LogP contribution in [0.4, 0.5) is 0 Å². The number of hydrogen-bond acceptors (Lipinski definition) is 4. The van der Waals surface area contributed by atoms with Crippen LogP contribution in [0, 0.1) is 0 Å². The van der Waals surface area contributed by atoms with E-state index < -0.39 is 0 Å². The van der Waals surface area contributed by atoms with E-state index in [0.29, 0.717) is 0 Å². The highest BCUT2D eigenvalue weighted by Gasteiger charge is 2.26. The molecule has 88 valence electrons. The zero-order chi connectivity index (χ0) is 12.5. The van der Waals surface area contributed by atoms with E-state index >= 15 is 0 Å². The fourth-order valence-electron chi connectivity index (χ4n) is 1.79. The van der Waals surface area contributed by atoms with Crippen LogP contribution < -0.4 is 0 Å². The summed E-state index contributed by atoms with van der Waals surface area (Å²) in [6, 6.07) is 3.37. The Kier molecular flexibility index (Phi) is 2.26. The molecule has 2 aromatic heterocycles. The van der Waals surface area contributed by atoms with Gasteiger partial charge in [-0.2, -0.15) is 10.2 Å². The molecule has 0 unspecified atom stereocenters. The summed E-state index contributed by atoms with van der Waals surface area (Å²) in [6.07, 6.45) is 8.80. The standard InChI is InChI=1S/C12H8N4O2/c17-9-3-4-10(18)12(16-8-2-6-14-16)11(9)15-7-1-5-13-15/h1-8H. The van der Waals surface area contributed by atoms with Gasteiger partial charge in [0.05, 0.1) is 0 Å². The third kappa shape index (κ3) is 1.51. The molecular weight excluding hydrogens is 232 g/mol. The van der Waals surface area contributed by atoms with Crippen molar-refractivity contribution in [2.24, 2.45) is 0 Å². The lowest BCUT2D eigenvalue weighted by Crippen LogP contribution is -2.21. The number of nitrogens with zero attached hydrogens (tertiary/aromatic N) is 4. The van der Waals surface area contributed by atoms with Gasteiger partial charge in [0.1, 0.15) is 11.4 Å². The van der Waals surface area contributed by atoms with Crippen molar-refractivity contribution in [3.05, 3.63) is 49.1 Å². The molecular formula is C12H8N4O2. The monoisotopic (exact) mass is 240 g/mol. The maximum Gasteiger partial charge on any atom is 0.206 e. The van der Waals surface area contributed by atoms with Crippen LogP contribution in [0.25, 0.3) is 11.4 Å². The van der Waals surface area contributed by atoms with Crippen molar-refractivity contribution in [2.45, 2.75) is 0 Å². The molecule has 0 fully saturated rings. The Balaban J connectivity index is 2.27. The average Bonchev–Trinajstić information content (AvgIpc) is 3.02. The summed E-state index contributed by atoms with van der Waals surface area (Å²) < 4.78 is 2.75. The zero-order valence-corrected chi connectivity index (χ0v) is 9.22. The Morgan fingerprint density at radius 2 is 1.22 bits per heavy atom. The average molecular weight is 240 g/mol. The zero-order valence-electron chi connectivity index (χ0n) is 9.22. The third-order valence-corrected chi connectivity index (χ3v) is 2.54. The normalized spacial score (nSPS) is 15.6. The largest absolute Gasteiger partial charge is 0.287 e. The molecule has 0 N–H and O–H groups in total. The SMILES string of the molecule is O=C1C=CC(=O)C(n2cccn2)=C1n1cccn1. The maximum absolute atomic E-state index is 11.9. The molecule has 0 aromatic carbocycles. The Morgan fingerprint density at radius 3 is 1.56 bits per heavy atom. The summed E-state index contributed by atoms with van der Waals surface area (Å²) in [5.74, 6) is -0.549. The van der Waals surface area contributed by atoms with Gasteiger partial charge in [-0.05, 0) is 24.3 Å². The summed E-state index contributed by atoms with van der Waals surface area (Å²) in [7, 11) is 0. The topological polar surface area (TPSA) is 69.8 Å².